The third kappa shape index (κ3) is 3.09. The molecule has 0 aliphatic rings. The van der Waals surface area contributed by atoms with E-state index < -0.39 is 29.5 Å². The lowest BCUT2D eigenvalue weighted by Gasteiger charge is -2.16. The summed E-state index contributed by atoms with van der Waals surface area (Å²) in [6.07, 6.45) is -1.29. The van der Waals surface area contributed by atoms with Gasteiger partial charge < -0.3 is 19.9 Å². The van der Waals surface area contributed by atoms with E-state index in [2.05, 4.69) is 5.32 Å². The lowest BCUT2D eigenvalue weighted by molar-refractivity contribution is -0.141. The average molecular weight is 291 g/mol. The number of amides is 1. The number of aliphatic hydroxyl groups is 1. The molecule has 0 saturated carbocycles. The second-order valence-electron chi connectivity index (χ2n) is 4.50. The fraction of sp³-hybridized carbons (Fsp3) is 0.214. The number of hydrogen-bond acceptors (Lipinski definition) is 5. The number of aliphatic carboxylic acids is 1. The van der Waals surface area contributed by atoms with Crippen molar-refractivity contribution in [3.63, 3.8) is 0 Å². The van der Waals surface area contributed by atoms with E-state index in [1.807, 2.05) is 0 Å². The Hall–Kier alpha value is -2.67. The van der Waals surface area contributed by atoms with Crippen molar-refractivity contribution in [3.8, 4) is 0 Å². The molecule has 1 aromatic heterocycles. The van der Waals surface area contributed by atoms with Crippen molar-refractivity contribution in [2.75, 3.05) is 0 Å². The molecule has 2 unspecified atom stereocenters. The lowest BCUT2D eigenvalue weighted by Crippen LogP contribution is -2.47. The van der Waals surface area contributed by atoms with Crippen LogP contribution in [0.15, 0.2) is 39.5 Å². The van der Waals surface area contributed by atoms with Crippen molar-refractivity contribution >= 4 is 22.8 Å². The highest BCUT2D eigenvalue weighted by molar-refractivity contribution is 5.95. The van der Waals surface area contributed by atoms with Gasteiger partial charge in [0, 0.05) is 6.07 Å². The third-order valence-corrected chi connectivity index (χ3v) is 2.89. The van der Waals surface area contributed by atoms with Gasteiger partial charge in [0.15, 0.2) is 17.2 Å². The summed E-state index contributed by atoms with van der Waals surface area (Å²) in [5, 5.41) is 20.6. The maximum Gasteiger partial charge on any atom is 0.328 e. The summed E-state index contributed by atoms with van der Waals surface area (Å²) in [6.45, 7) is 1.23. The van der Waals surface area contributed by atoms with Crippen LogP contribution in [0, 0.1) is 0 Å². The molecule has 21 heavy (non-hydrogen) atoms. The number of fused-ring (bicyclic) bond motifs is 1. The van der Waals surface area contributed by atoms with Crippen LogP contribution < -0.4 is 10.7 Å². The van der Waals surface area contributed by atoms with Gasteiger partial charge in [0.1, 0.15) is 5.58 Å². The number of carboxylic acid groups (broad SMARTS) is 1. The van der Waals surface area contributed by atoms with Crippen LogP contribution in [-0.2, 0) is 4.79 Å². The zero-order chi connectivity index (χ0) is 15.6. The Balaban J connectivity index is 2.36. The highest BCUT2D eigenvalue weighted by Gasteiger charge is 2.26. The topological polar surface area (TPSA) is 117 Å². The van der Waals surface area contributed by atoms with Crippen LogP contribution in [0.1, 0.15) is 17.5 Å². The van der Waals surface area contributed by atoms with E-state index in [4.69, 9.17) is 9.52 Å². The van der Waals surface area contributed by atoms with Crippen molar-refractivity contribution in [1.29, 1.82) is 0 Å². The van der Waals surface area contributed by atoms with E-state index in [9.17, 15) is 19.5 Å². The maximum absolute atomic E-state index is 11.9. The van der Waals surface area contributed by atoms with Crippen LogP contribution in [0.3, 0.4) is 0 Å². The molecule has 0 spiro atoms. The van der Waals surface area contributed by atoms with Gasteiger partial charge in [-0.25, -0.2) is 4.79 Å². The lowest BCUT2D eigenvalue weighted by atomic mass is 10.1. The summed E-state index contributed by atoms with van der Waals surface area (Å²) in [7, 11) is 0. The maximum atomic E-state index is 11.9. The Kier molecular flexibility index (Phi) is 4.04. The number of rotatable bonds is 4. The van der Waals surface area contributed by atoms with E-state index in [1.165, 1.54) is 13.0 Å². The Bertz CT molecular complexity index is 748. The first-order valence-electron chi connectivity index (χ1n) is 6.15. The van der Waals surface area contributed by atoms with Gasteiger partial charge in [-0.1, -0.05) is 12.1 Å². The van der Waals surface area contributed by atoms with E-state index in [-0.39, 0.29) is 11.3 Å². The smallest absolute Gasteiger partial charge is 0.328 e. The average Bonchev–Trinajstić information content (AvgIpc) is 2.43. The molecule has 2 aromatic rings. The summed E-state index contributed by atoms with van der Waals surface area (Å²) >= 11 is 0. The second kappa shape index (κ2) is 5.76. The number of carboxylic acids is 1. The monoisotopic (exact) mass is 291 g/mol. The summed E-state index contributed by atoms with van der Waals surface area (Å²) < 4.78 is 5.28. The molecule has 7 heteroatoms. The van der Waals surface area contributed by atoms with Crippen LogP contribution in [0.25, 0.3) is 11.0 Å². The first-order chi connectivity index (χ1) is 9.90. The van der Waals surface area contributed by atoms with Crippen LogP contribution in [0.2, 0.25) is 0 Å². The molecule has 1 aromatic carbocycles. The van der Waals surface area contributed by atoms with Gasteiger partial charge >= 0.3 is 5.97 Å². The van der Waals surface area contributed by atoms with Crippen molar-refractivity contribution in [2.24, 2.45) is 0 Å². The number of para-hydroxylation sites is 1. The molecule has 2 rings (SSSR count). The number of carbonyl (C=O) groups excluding carboxylic acids is 1. The summed E-state index contributed by atoms with van der Waals surface area (Å²) in [4.78, 5) is 34.7. The standard InChI is InChI=1S/C14H13NO6/c1-7(16)12(14(19)20)15-13(18)11-6-9(17)8-4-2-3-5-10(8)21-11/h2-7,12,16H,1H3,(H,15,18)(H,19,20). The van der Waals surface area contributed by atoms with Crippen LogP contribution in [-0.4, -0.2) is 34.2 Å². The third-order valence-electron chi connectivity index (χ3n) is 2.89. The summed E-state index contributed by atoms with van der Waals surface area (Å²) in [5.74, 6) is -2.58. The summed E-state index contributed by atoms with van der Waals surface area (Å²) in [5.41, 5.74) is -0.190. The van der Waals surface area contributed by atoms with Crippen LogP contribution >= 0.6 is 0 Å². The van der Waals surface area contributed by atoms with Crippen molar-refractivity contribution < 1.29 is 24.2 Å². The molecule has 0 radical (unpaired) electrons. The largest absolute Gasteiger partial charge is 0.480 e. The van der Waals surface area contributed by atoms with Gasteiger partial charge in [0.05, 0.1) is 11.5 Å². The Morgan fingerprint density at radius 1 is 1.29 bits per heavy atom. The molecule has 0 fully saturated rings. The SMILES string of the molecule is CC(O)C(NC(=O)c1cc(=O)c2ccccc2o1)C(=O)O. The summed E-state index contributed by atoms with van der Waals surface area (Å²) in [6, 6.07) is 5.87. The van der Waals surface area contributed by atoms with E-state index >= 15 is 0 Å². The van der Waals surface area contributed by atoms with Gasteiger partial charge in [-0.15, -0.1) is 0 Å². The first kappa shape index (κ1) is 14.7. The zero-order valence-corrected chi connectivity index (χ0v) is 11.1. The molecule has 7 nitrogen and oxygen atoms in total. The predicted molar refractivity (Wildman–Crippen MR) is 73.1 cm³/mol. The van der Waals surface area contributed by atoms with Crippen molar-refractivity contribution in [2.45, 2.75) is 19.1 Å². The minimum absolute atomic E-state index is 0.221. The van der Waals surface area contributed by atoms with Gasteiger partial charge in [-0.2, -0.15) is 0 Å². The second-order valence-corrected chi connectivity index (χ2v) is 4.50. The Morgan fingerprint density at radius 2 is 1.95 bits per heavy atom. The van der Waals surface area contributed by atoms with Gasteiger partial charge in [0.25, 0.3) is 5.91 Å². The molecular formula is C14H13NO6. The zero-order valence-electron chi connectivity index (χ0n) is 11.1. The number of nitrogens with one attached hydrogen (secondary N) is 1. The molecule has 1 heterocycles. The first-order valence-corrected chi connectivity index (χ1v) is 6.15. The molecular weight excluding hydrogens is 278 g/mol. The molecule has 1 amide bonds. The predicted octanol–water partition coefficient (Wildman–Crippen LogP) is 0.357. The van der Waals surface area contributed by atoms with Crippen molar-refractivity contribution in [3.05, 3.63) is 46.3 Å². The minimum atomic E-state index is -1.49. The van der Waals surface area contributed by atoms with Crippen LogP contribution in [0.4, 0.5) is 0 Å². The molecule has 110 valence electrons. The normalized spacial score (nSPS) is 13.6. The van der Waals surface area contributed by atoms with Gasteiger partial charge in [0.2, 0.25) is 0 Å². The Labute approximate surface area is 118 Å². The molecule has 0 bridgehead atoms. The molecule has 3 N–H and O–H groups in total. The minimum Gasteiger partial charge on any atom is -0.480 e. The van der Waals surface area contributed by atoms with E-state index in [0.29, 0.717) is 5.39 Å². The van der Waals surface area contributed by atoms with E-state index in [0.717, 1.165) is 6.07 Å². The fourth-order valence-corrected chi connectivity index (χ4v) is 1.82. The van der Waals surface area contributed by atoms with Gasteiger partial charge in [-0.05, 0) is 19.1 Å². The number of hydrogen-bond donors (Lipinski definition) is 3. The number of benzene rings is 1. The quantitative estimate of drug-likeness (QED) is 0.748. The fourth-order valence-electron chi connectivity index (χ4n) is 1.82. The number of aliphatic hydroxyl groups excluding tert-OH is 1. The molecule has 0 saturated heterocycles. The highest BCUT2D eigenvalue weighted by Crippen LogP contribution is 2.11. The highest BCUT2D eigenvalue weighted by atomic mass is 16.4. The van der Waals surface area contributed by atoms with E-state index in [1.54, 1.807) is 18.2 Å². The number of carbonyl (C=O) groups is 2. The molecule has 0 aliphatic carbocycles. The van der Waals surface area contributed by atoms with Crippen LogP contribution in [0.5, 0.6) is 0 Å². The molecule has 0 aliphatic heterocycles. The van der Waals surface area contributed by atoms with Crippen molar-refractivity contribution in [1.82, 2.24) is 5.32 Å². The Morgan fingerprint density at radius 3 is 2.57 bits per heavy atom. The van der Waals surface area contributed by atoms with Gasteiger partial charge in [-0.3, -0.25) is 9.59 Å². The molecule has 2 atom stereocenters.